The highest BCUT2D eigenvalue weighted by Crippen LogP contribution is 2.26. The number of benzene rings is 3. The number of hydrogen-bond acceptors (Lipinski definition) is 4. The number of carbonyl (C=O) groups is 1. The van der Waals surface area contributed by atoms with Gasteiger partial charge in [0.2, 0.25) is 0 Å². The van der Waals surface area contributed by atoms with E-state index >= 15 is 0 Å². The van der Waals surface area contributed by atoms with Gasteiger partial charge in [0, 0.05) is 6.61 Å². The zero-order chi connectivity index (χ0) is 23.5. The third-order valence-electron chi connectivity index (χ3n) is 5.55. The molecule has 174 valence electrons. The first-order chi connectivity index (χ1) is 16.1. The molecule has 0 aromatic heterocycles. The molecule has 0 bridgehead atoms. The van der Waals surface area contributed by atoms with Crippen LogP contribution in [0.2, 0.25) is 0 Å². The Bertz CT molecular complexity index is 976. The van der Waals surface area contributed by atoms with Gasteiger partial charge in [-0.15, -0.1) is 0 Å². The summed E-state index contributed by atoms with van der Waals surface area (Å²) in [6.07, 6.45) is 4.75. The van der Waals surface area contributed by atoms with Gasteiger partial charge in [0.05, 0.1) is 18.3 Å². The zero-order valence-electron chi connectivity index (χ0n) is 19.9. The van der Waals surface area contributed by atoms with Crippen molar-refractivity contribution >= 4 is 5.97 Å². The van der Waals surface area contributed by atoms with Crippen molar-refractivity contribution in [3.8, 4) is 22.6 Å². The van der Waals surface area contributed by atoms with Crippen LogP contribution in [0.15, 0.2) is 72.8 Å². The van der Waals surface area contributed by atoms with Gasteiger partial charge in [-0.25, -0.2) is 4.79 Å². The number of rotatable bonds is 12. The monoisotopic (exact) mass is 446 g/mol. The minimum Gasteiger partial charge on any atom is -0.494 e. The molecule has 0 amide bonds. The van der Waals surface area contributed by atoms with E-state index in [-0.39, 0.29) is 12.1 Å². The molecule has 0 aliphatic carbocycles. The van der Waals surface area contributed by atoms with Crippen LogP contribution >= 0.6 is 0 Å². The average Bonchev–Trinajstić information content (AvgIpc) is 2.85. The topological polar surface area (TPSA) is 44.8 Å². The Morgan fingerprint density at radius 2 is 1.36 bits per heavy atom. The van der Waals surface area contributed by atoms with E-state index in [9.17, 15) is 4.79 Å². The second-order valence-electron chi connectivity index (χ2n) is 8.07. The fraction of sp³-hybridized carbons (Fsp3) is 0.345. The van der Waals surface area contributed by atoms with Gasteiger partial charge >= 0.3 is 5.97 Å². The average molecular weight is 447 g/mol. The van der Waals surface area contributed by atoms with Gasteiger partial charge in [-0.3, -0.25) is 0 Å². The van der Waals surface area contributed by atoms with E-state index in [1.807, 2.05) is 43.3 Å². The molecule has 0 heterocycles. The van der Waals surface area contributed by atoms with E-state index < -0.39 is 0 Å². The van der Waals surface area contributed by atoms with Crippen molar-refractivity contribution in [2.75, 3.05) is 13.2 Å². The standard InChI is InChI=1S/C29H34O4/c1-4-6-7-8-21-32-27-17-15-26(16-18-27)29(30)33-28-19-13-25(14-20-28)24-11-9-23(10-12-24)22(3)31-5-2/h9-20,22H,4-8,21H2,1-3H3. The molecular weight excluding hydrogens is 412 g/mol. The van der Waals surface area contributed by atoms with Crippen LogP contribution in [0, 0.1) is 0 Å². The lowest BCUT2D eigenvalue weighted by Gasteiger charge is -2.12. The summed E-state index contributed by atoms with van der Waals surface area (Å²) in [7, 11) is 0. The van der Waals surface area contributed by atoms with Gasteiger partial charge in [-0.05, 0) is 73.4 Å². The predicted octanol–water partition coefficient (Wildman–Crippen LogP) is 7.63. The quantitative estimate of drug-likeness (QED) is 0.163. The van der Waals surface area contributed by atoms with Gasteiger partial charge in [-0.1, -0.05) is 62.6 Å². The van der Waals surface area contributed by atoms with Crippen LogP contribution in [-0.2, 0) is 4.74 Å². The molecule has 0 N–H and O–H groups in total. The van der Waals surface area contributed by atoms with Gasteiger partial charge in [0.25, 0.3) is 0 Å². The minimum absolute atomic E-state index is 0.0808. The Labute approximate surface area is 197 Å². The van der Waals surface area contributed by atoms with Crippen molar-refractivity contribution < 1.29 is 19.0 Å². The van der Waals surface area contributed by atoms with Gasteiger partial charge in [0.1, 0.15) is 11.5 Å². The van der Waals surface area contributed by atoms with E-state index in [4.69, 9.17) is 14.2 Å². The lowest BCUT2D eigenvalue weighted by atomic mass is 10.0. The van der Waals surface area contributed by atoms with Crippen LogP contribution in [0.5, 0.6) is 11.5 Å². The molecule has 4 nitrogen and oxygen atoms in total. The molecule has 0 aliphatic heterocycles. The molecule has 3 aromatic rings. The summed E-state index contributed by atoms with van der Waals surface area (Å²) in [5, 5.41) is 0. The second kappa shape index (κ2) is 12.8. The molecule has 1 atom stereocenters. The summed E-state index contributed by atoms with van der Waals surface area (Å²) in [6, 6.07) is 23.0. The Morgan fingerprint density at radius 3 is 1.97 bits per heavy atom. The first kappa shape index (κ1) is 24.5. The van der Waals surface area contributed by atoms with E-state index in [0.717, 1.165) is 28.9 Å². The molecule has 4 heteroatoms. The highest BCUT2D eigenvalue weighted by atomic mass is 16.5. The van der Waals surface area contributed by atoms with E-state index in [1.54, 1.807) is 12.1 Å². The van der Waals surface area contributed by atoms with E-state index in [0.29, 0.717) is 24.5 Å². The molecule has 33 heavy (non-hydrogen) atoms. The van der Waals surface area contributed by atoms with Crippen LogP contribution < -0.4 is 9.47 Å². The molecular formula is C29H34O4. The number of hydrogen-bond donors (Lipinski definition) is 0. The number of carbonyl (C=O) groups excluding carboxylic acids is 1. The van der Waals surface area contributed by atoms with Crippen LogP contribution in [0.25, 0.3) is 11.1 Å². The molecule has 0 saturated carbocycles. The third kappa shape index (κ3) is 7.47. The second-order valence-corrected chi connectivity index (χ2v) is 8.07. The summed E-state index contributed by atoms with van der Waals surface area (Å²) in [5.74, 6) is 0.905. The molecule has 1 unspecified atom stereocenters. The van der Waals surface area contributed by atoms with Crippen molar-refractivity contribution in [3.05, 3.63) is 83.9 Å². The van der Waals surface area contributed by atoms with Gasteiger partial charge in [0.15, 0.2) is 0 Å². The van der Waals surface area contributed by atoms with E-state index in [2.05, 4.69) is 38.1 Å². The molecule has 0 radical (unpaired) electrons. The fourth-order valence-corrected chi connectivity index (χ4v) is 3.58. The fourth-order valence-electron chi connectivity index (χ4n) is 3.58. The summed E-state index contributed by atoms with van der Waals surface area (Å²) in [4.78, 5) is 12.5. The lowest BCUT2D eigenvalue weighted by Crippen LogP contribution is -2.08. The maximum Gasteiger partial charge on any atom is 0.343 e. The largest absolute Gasteiger partial charge is 0.494 e. The van der Waals surface area contributed by atoms with Crippen LogP contribution in [-0.4, -0.2) is 19.2 Å². The third-order valence-corrected chi connectivity index (χ3v) is 5.55. The zero-order valence-corrected chi connectivity index (χ0v) is 19.9. The van der Waals surface area contributed by atoms with E-state index in [1.165, 1.54) is 19.3 Å². The predicted molar refractivity (Wildman–Crippen MR) is 133 cm³/mol. The maximum atomic E-state index is 12.5. The van der Waals surface area contributed by atoms with Crippen molar-refractivity contribution in [3.63, 3.8) is 0 Å². The number of unbranched alkanes of at least 4 members (excludes halogenated alkanes) is 3. The molecule has 3 aromatic carbocycles. The smallest absolute Gasteiger partial charge is 0.343 e. The molecule has 0 aliphatic rings. The van der Waals surface area contributed by atoms with Gasteiger partial charge in [-0.2, -0.15) is 0 Å². The van der Waals surface area contributed by atoms with Crippen LogP contribution in [0.4, 0.5) is 0 Å². The molecule has 0 saturated heterocycles. The van der Waals surface area contributed by atoms with Gasteiger partial charge < -0.3 is 14.2 Å². The minimum atomic E-state index is -0.383. The number of esters is 1. The summed E-state index contributed by atoms with van der Waals surface area (Å²) >= 11 is 0. The van der Waals surface area contributed by atoms with Crippen LogP contribution in [0.1, 0.15) is 68.5 Å². The SMILES string of the molecule is CCCCCCOc1ccc(C(=O)Oc2ccc(-c3ccc(C(C)OCC)cc3)cc2)cc1. The summed E-state index contributed by atoms with van der Waals surface area (Å²) in [6.45, 7) is 7.64. The maximum absolute atomic E-state index is 12.5. The lowest BCUT2D eigenvalue weighted by molar-refractivity contribution is 0.0734. The highest BCUT2D eigenvalue weighted by Gasteiger charge is 2.10. The Hall–Kier alpha value is -3.11. The Morgan fingerprint density at radius 1 is 0.758 bits per heavy atom. The van der Waals surface area contributed by atoms with Crippen LogP contribution in [0.3, 0.4) is 0 Å². The first-order valence-electron chi connectivity index (χ1n) is 11.9. The number of ether oxygens (including phenoxy) is 3. The summed E-state index contributed by atoms with van der Waals surface area (Å²) in [5.41, 5.74) is 3.81. The Kier molecular flexibility index (Phi) is 9.52. The van der Waals surface area contributed by atoms with Crippen molar-refractivity contribution in [2.45, 2.75) is 52.6 Å². The molecule has 3 rings (SSSR count). The van der Waals surface area contributed by atoms with Crippen molar-refractivity contribution in [1.29, 1.82) is 0 Å². The first-order valence-corrected chi connectivity index (χ1v) is 11.9. The normalized spacial score (nSPS) is 11.7. The highest BCUT2D eigenvalue weighted by molar-refractivity contribution is 5.91. The summed E-state index contributed by atoms with van der Waals surface area (Å²) < 4.78 is 16.9. The molecule has 0 fully saturated rings. The van der Waals surface area contributed by atoms with Crippen molar-refractivity contribution in [2.24, 2.45) is 0 Å². The van der Waals surface area contributed by atoms with Crippen molar-refractivity contribution in [1.82, 2.24) is 0 Å². The molecule has 0 spiro atoms. The Balaban J connectivity index is 1.53.